The minimum atomic E-state index is -0.150. The molecule has 0 aliphatic carbocycles. The van der Waals surface area contributed by atoms with E-state index in [9.17, 15) is 9.90 Å². The zero-order chi connectivity index (χ0) is 17.8. The fraction of sp³-hybridized carbons (Fsp3) is 0. The largest absolute Gasteiger partial charge is 0.506 e. The van der Waals surface area contributed by atoms with Crippen LogP contribution in [-0.2, 0) is 0 Å². The van der Waals surface area contributed by atoms with Gasteiger partial charge in [-0.1, -0.05) is 18.2 Å². The van der Waals surface area contributed by atoms with Gasteiger partial charge in [0.05, 0.1) is 11.9 Å². The van der Waals surface area contributed by atoms with Crippen molar-refractivity contribution in [2.24, 2.45) is 0 Å². The van der Waals surface area contributed by atoms with E-state index in [1.165, 1.54) is 0 Å². The number of pyridine rings is 2. The minimum absolute atomic E-state index is 0.0984. The van der Waals surface area contributed by atoms with Crippen LogP contribution in [0.3, 0.4) is 0 Å². The molecule has 3 aromatic heterocycles. The maximum absolute atomic E-state index is 13.3. The Morgan fingerprint density at radius 2 is 1.65 bits per heavy atom. The van der Waals surface area contributed by atoms with Gasteiger partial charge < -0.3 is 10.8 Å². The third-order valence-corrected chi connectivity index (χ3v) is 4.56. The normalized spacial score (nSPS) is 11.5. The summed E-state index contributed by atoms with van der Waals surface area (Å²) in [4.78, 5) is 18.0. The number of nitrogens with two attached hydrogens (primary N) is 1. The average molecular weight is 342 g/mol. The molecule has 0 unspecified atom stereocenters. The van der Waals surface area contributed by atoms with Gasteiger partial charge in [0.15, 0.2) is 5.65 Å². The van der Waals surface area contributed by atoms with Crippen molar-refractivity contribution in [3.63, 3.8) is 0 Å². The van der Waals surface area contributed by atoms with E-state index in [0.717, 1.165) is 5.39 Å². The monoisotopic (exact) mass is 342 g/mol. The van der Waals surface area contributed by atoms with Crippen LogP contribution in [0.4, 0.5) is 5.69 Å². The van der Waals surface area contributed by atoms with E-state index in [2.05, 4.69) is 0 Å². The zero-order valence-corrected chi connectivity index (χ0v) is 13.6. The molecule has 3 N–H and O–H groups in total. The number of anilines is 1. The highest BCUT2D eigenvalue weighted by molar-refractivity contribution is 6.04. The van der Waals surface area contributed by atoms with Crippen LogP contribution in [0, 0.1) is 0 Å². The molecule has 126 valence electrons. The fourth-order valence-electron chi connectivity index (χ4n) is 3.37. The summed E-state index contributed by atoms with van der Waals surface area (Å²) >= 11 is 0. The van der Waals surface area contributed by atoms with Gasteiger partial charge in [-0.05, 0) is 42.5 Å². The van der Waals surface area contributed by atoms with Gasteiger partial charge in [-0.25, -0.2) is 4.98 Å². The lowest BCUT2D eigenvalue weighted by Crippen LogP contribution is -2.20. The van der Waals surface area contributed by atoms with Gasteiger partial charge in [0.2, 0.25) is 0 Å². The van der Waals surface area contributed by atoms with Crippen molar-refractivity contribution in [2.45, 2.75) is 0 Å². The number of aromatic hydroxyl groups is 1. The molecule has 0 spiro atoms. The SMILES string of the molecule is Nc1ccc(-n2c(=O)c3ccccc3c3nc4ccc(O)cn4c32)cc1. The van der Waals surface area contributed by atoms with Gasteiger partial charge in [-0.15, -0.1) is 0 Å². The van der Waals surface area contributed by atoms with Crippen LogP contribution >= 0.6 is 0 Å². The smallest absolute Gasteiger partial charge is 0.264 e. The van der Waals surface area contributed by atoms with Gasteiger partial charge in [0, 0.05) is 16.5 Å². The molecule has 0 saturated heterocycles. The summed E-state index contributed by atoms with van der Waals surface area (Å²) < 4.78 is 3.34. The molecule has 3 heterocycles. The van der Waals surface area contributed by atoms with Gasteiger partial charge in [-0.3, -0.25) is 13.8 Å². The van der Waals surface area contributed by atoms with E-state index in [-0.39, 0.29) is 11.3 Å². The van der Waals surface area contributed by atoms with Gasteiger partial charge >= 0.3 is 0 Å². The van der Waals surface area contributed by atoms with E-state index in [1.54, 1.807) is 57.6 Å². The number of nitrogen functional groups attached to an aromatic ring is 1. The third kappa shape index (κ3) is 1.92. The molecular formula is C20H14N4O2. The van der Waals surface area contributed by atoms with Crippen molar-refractivity contribution in [1.82, 2.24) is 14.0 Å². The second-order valence-corrected chi connectivity index (χ2v) is 6.18. The van der Waals surface area contributed by atoms with Gasteiger partial charge in [0.1, 0.15) is 16.9 Å². The van der Waals surface area contributed by atoms with Crippen molar-refractivity contribution in [3.8, 4) is 11.4 Å². The van der Waals surface area contributed by atoms with Crippen LogP contribution in [0.15, 0.2) is 71.7 Å². The van der Waals surface area contributed by atoms with Crippen LogP contribution in [0.25, 0.3) is 33.3 Å². The predicted molar refractivity (Wildman–Crippen MR) is 102 cm³/mol. The molecule has 26 heavy (non-hydrogen) atoms. The standard InChI is InChI=1S/C20H14N4O2/c21-12-5-7-13(8-6-12)24-19-18(15-3-1-2-4-16(15)20(24)26)22-17-10-9-14(25)11-23(17)19/h1-11,25H,21H2. The van der Waals surface area contributed by atoms with Crippen molar-refractivity contribution in [1.29, 1.82) is 0 Å². The summed E-state index contributed by atoms with van der Waals surface area (Å²) in [5.41, 5.74) is 8.90. The number of fused-ring (bicyclic) bond motifs is 5. The first kappa shape index (κ1) is 14.5. The molecular weight excluding hydrogens is 328 g/mol. The Morgan fingerprint density at radius 3 is 2.42 bits per heavy atom. The molecule has 0 atom stereocenters. The molecule has 6 nitrogen and oxygen atoms in total. The molecule has 0 aliphatic rings. The highest BCUT2D eigenvalue weighted by Crippen LogP contribution is 2.27. The summed E-state index contributed by atoms with van der Waals surface area (Å²) in [6.45, 7) is 0. The Morgan fingerprint density at radius 1 is 0.923 bits per heavy atom. The van der Waals surface area contributed by atoms with Crippen LogP contribution in [0.2, 0.25) is 0 Å². The lowest BCUT2D eigenvalue weighted by atomic mass is 10.1. The van der Waals surface area contributed by atoms with Crippen LogP contribution in [0.1, 0.15) is 0 Å². The van der Waals surface area contributed by atoms with Gasteiger partial charge in [0.25, 0.3) is 5.56 Å². The number of hydrogen-bond donors (Lipinski definition) is 2. The highest BCUT2D eigenvalue weighted by Gasteiger charge is 2.17. The number of imidazole rings is 1. The maximum atomic E-state index is 13.3. The van der Waals surface area contributed by atoms with E-state index in [1.807, 2.05) is 18.2 Å². The number of nitrogens with zero attached hydrogens (tertiary/aromatic N) is 3. The molecule has 6 heteroatoms. The predicted octanol–water partition coefficient (Wildman–Crippen LogP) is 3.08. The van der Waals surface area contributed by atoms with Crippen molar-refractivity contribution in [2.75, 3.05) is 5.73 Å². The summed E-state index contributed by atoms with van der Waals surface area (Å²) in [6, 6.07) is 17.8. The third-order valence-electron chi connectivity index (χ3n) is 4.56. The molecule has 0 saturated carbocycles. The molecule has 5 rings (SSSR count). The molecule has 0 fully saturated rings. The molecule has 5 aromatic rings. The summed E-state index contributed by atoms with van der Waals surface area (Å²) in [5.74, 6) is 0.0984. The Hall–Kier alpha value is -3.80. The van der Waals surface area contributed by atoms with Crippen molar-refractivity contribution >= 4 is 33.3 Å². The number of aromatic nitrogens is 3. The first-order valence-corrected chi connectivity index (χ1v) is 8.14. The Labute approximate surface area is 147 Å². The Kier molecular flexibility index (Phi) is 2.85. The fourth-order valence-corrected chi connectivity index (χ4v) is 3.37. The van der Waals surface area contributed by atoms with Crippen LogP contribution in [0.5, 0.6) is 5.75 Å². The van der Waals surface area contributed by atoms with Gasteiger partial charge in [-0.2, -0.15) is 0 Å². The average Bonchev–Trinajstić information content (AvgIpc) is 3.02. The van der Waals surface area contributed by atoms with E-state index in [0.29, 0.717) is 33.6 Å². The van der Waals surface area contributed by atoms with Crippen LogP contribution < -0.4 is 11.3 Å². The molecule has 0 radical (unpaired) electrons. The molecule has 0 bridgehead atoms. The lowest BCUT2D eigenvalue weighted by molar-refractivity contribution is 0.472. The first-order chi connectivity index (χ1) is 12.6. The second kappa shape index (κ2) is 5.10. The number of rotatable bonds is 1. The summed E-state index contributed by atoms with van der Waals surface area (Å²) in [7, 11) is 0. The number of hydrogen-bond acceptors (Lipinski definition) is 4. The zero-order valence-electron chi connectivity index (χ0n) is 13.6. The van der Waals surface area contributed by atoms with E-state index >= 15 is 0 Å². The van der Waals surface area contributed by atoms with E-state index in [4.69, 9.17) is 10.7 Å². The summed E-state index contributed by atoms with van der Waals surface area (Å²) in [5, 5.41) is 11.3. The highest BCUT2D eigenvalue weighted by atomic mass is 16.3. The molecule has 0 aliphatic heterocycles. The van der Waals surface area contributed by atoms with Crippen molar-refractivity contribution < 1.29 is 5.11 Å². The Balaban J connectivity index is 2.09. The molecule has 0 amide bonds. The quantitative estimate of drug-likeness (QED) is 0.458. The topological polar surface area (TPSA) is 85.5 Å². The molecule has 2 aromatic carbocycles. The lowest BCUT2D eigenvalue weighted by Gasteiger charge is -2.11. The van der Waals surface area contributed by atoms with E-state index < -0.39 is 0 Å². The van der Waals surface area contributed by atoms with Crippen LogP contribution in [-0.4, -0.2) is 19.1 Å². The Bertz CT molecular complexity index is 1360. The minimum Gasteiger partial charge on any atom is -0.506 e. The first-order valence-electron chi connectivity index (χ1n) is 8.14. The summed E-state index contributed by atoms with van der Waals surface area (Å²) in [6.07, 6.45) is 1.56. The number of benzene rings is 2. The van der Waals surface area contributed by atoms with Crippen molar-refractivity contribution in [3.05, 3.63) is 77.2 Å². The maximum Gasteiger partial charge on any atom is 0.264 e. The second-order valence-electron chi connectivity index (χ2n) is 6.18.